The molecule has 28 heavy (non-hydrogen) atoms. The van der Waals surface area contributed by atoms with Crippen molar-refractivity contribution < 1.29 is 9.18 Å². The van der Waals surface area contributed by atoms with E-state index in [4.69, 9.17) is 0 Å². The van der Waals surface area contributed by atoms with Gasteiger partial charge in [-0.2, -0.15) is 0 Å². The van der Waals surface area contributed by atoms with Gasteiger partial charge >= 0.3 is 0 Å². The smallest absolute Gasteiger partial charge is 0.257 e. The van der Waals surface area contributed by atoms with Crippen LogP contribution in [0.25, 0.3) is 0 Å². The Balaban J connectivity index is 1.66. The lowest BCUT2D eigenvalue weighted by Gasteiger charge is -2.24. The van der Waals surface area contributed by atoms with Crippen LogP contribution in [-0.2, 0) is 10.5 Å². The maximum atomic E-state index is 13.6. The average Bonchev–Trinajstić information content (AvgIpc) is 2.65. The van der Waals surface area contributed by atoms with E-state index in [9.17, 15) is 14.0 Å². The molecule has 5 nitrogen and oxygen atoms in total. The Morgan fingerprint density at radius 2 is 2.00 bits per heavy atom. The van der Waals surface area contributed by atoms with Crippen LogP contribution in [0.3, 0.4) is 0 Å². The number of carbonyl (C=O) groups excluding carboxylic acids is 1. The lowest BCUT2D eigenvalue weighted by molar-refractivity contribution is -0.116. The fourth-order valence-corrected chi connectivity index (χ4v) is 4.18. The van der Waals surface area contributed by atoms with Crippen LogP contribution < -0.4 is 10.9 Å². The summed E-state index contributed by atoms with van der Waals surface area (Å²) in [6.07, 6.45) is 0.0804. The molecule has 0 bridgehead atoms. The van der Waals surface area contributed by atoms with Crippen molar-refractivity contribution in [3.8, 4) is 0 Å². The molecule has 0 aliphatic carbocycles. The van der Waals surface area contributed by atoms with Gasteiger partial charge in [0.25, 0.3) is 5.56 Å². The number of aromatic nitrogens is 2. The second kappa shape index (κ2) is 7.59. The summed E-state index contributed by atoms with van der Waals surface area (Å²) in [6.45, 7) is 2.02. The lowest BCUT2D eigenvalue weighted by Crippen LogP contribution is -2.31. The van der Waals surface area contributed by atoms with Gasteiger partial charge in [-0.25, -0.2) is 9.37 Å². The molecule has 1 atom stereocenters. The predicted molar refractivity (Wildman–Crippen MR) is 107 cm³/mol. The number of aryl methyl sites for hydroxylation is 1. The maximum absolute atomic E-state index is 13.6. The Kier molecular flexibility index (Phi) is 5.00. The van der Waals surface area contributed by atoms with Crippen molar-refractivity contribution in [2.45, 2.75) is 30.2 Å². The van der Waals surface area contributed by atoms with E-state index in [0.29, 0.717) is 22.0 Å². The third kappa shape index (κ3) is 3.84. The van der Waals surface area contributed by atoms with Gasteiger partial charge in [0, 0.05) is 18.1 Å². The van der Waals surface area contributed by atoms with Gasteiger partial charge in [-0.3, -0.25) is 9.59 Å². The highest BCUT2D eigenvalue weighted by molar-refractivity contribution is 7.98. The standard InChI is InChI=1S/C21H18FN3O2S/c1-12-4-2-5-13(8-12)11-28-21-24-19-18(20(27)25-21)16(10-17(26)23-19)14-6-3-7-15(22)9-14/h2-9,16H,10-11H2,1H3,(H2,23,24,25,26,27). The second-order valence-corrected chi connectivity index (χ2v) is 7.74. The van der Waals surface area contributed by atoms with E-state index in [1.807, 2.05) is 25.1 Å². The van der Waals surface area contributed by atoms with Gasteiger partial charge in [0.15, 0.2) is 5.16 Å². The summed E-state index contributed by atoms with van der Waals surface area (Å²) in [5.74, 6) is -0.271. The van der Waals surface area contributed by atoms with Crippen LogP contribution >= 0.6 is 11.8 Å². The molecule has 0 saturated heterocycles. The molecule has 142 valence electrons. The molecule has 0 radical (unpaired) electrons. The Labute approximate surface area is 165 Å². The molecular formula is C21H18FN3O2S. The van der Waals surface area contributed by atoms with Crippen LogP contribution in [0.1, 0.15) is 34.6 Å². The zero-order valence-electron chi connectivity index (χ0n) is 15.2. The highest BCUT2D eigenvalue weighted by Gasteiger charge is 2.31. The topological polar surface area (TPSA) is 74.8 Å². The Morgan fingerprint density at radius 1 is 1.18 bits per heavy atom. The van der Waals surface area contributed by atoms with Crippen molar-refractivity contribution in [2.24, 2.45) is 0 Å². The molecule has 2 aromatic carbocycles. The maximum Gasteiger partial charge on any atom is 0.257 e. The van der Waals surface area contributed by atoms with Crippen LogP contribution in [0.2, 0.25) is 0 Å². The minimum absolute atomic E-state index is 0.0804. The fraction of sp³-hybridized carbons (Fsp3) is 0.190. The van der Waals surface area contributed by atoms with E-state index in [1.165, 1.54) is 23.9 Å². The van der Waals surface area contributed by atoms with E-state index in [0.717, 1.165) is 11.1 Å². The van der Waals surface area contributed by atoms with Crippen molar-refractivity contribution >= 4 is 23.5 Å². The number of anilines is 1. The summed E-state index contributed by atoms with van der Waals surface area (Å²) in [5, 5.41) is 3.12. The highest BCUT2D eigenvalue weighted by atomic mass is 32.2. The highest BCUT2D eigenvalue weighted by Crippen LogP contribution is 2.34. The Bertz CT molecular complexity index is 1110. The van der Waals surface area contributed by atoms with Crippen molar-refractivity contribution in [3.05, 3.63) is 87.0 Å². The zero-order chi connectivity index (χ0) is 19.7. The van der Waals surface area contributed by atoms with E-state index < -0.39 is 11.7 Å². The first-order valence-electron chi connectivity index (χ1n) is 8.87. The average molecular weight is 395 g/mol. The first-order chi connectivity index (χ1) is 13.5. The summed E-state index contributed by atoms with van der Waals surface area (Å²) in [5.41, 5.74) is 2.92. The first kappa shape index (κ1) is 18.4. The van der Waals surface area contributed by atoms with E-state index in [2.05, 4.69) is 21.4 Å². The van der Waals surface area contributed by atoms with Gasteiger partial charge in [0.2, 0.25) is 5.91 Å². The molecule has 1 aromatic heterocycles. The third-order valence-electron chi connectivity index (χ3n) is 4.64. The van der Waals surface area contributed by atoms with E-state index >= 15 is 0 Å². The Hall–Kier alpha value is -2.93. The number of aromatic amines is 1. The number of halogens is 1. The largest absolute Gasteiger partial charge is 0.310 e. The number of rotatable bonds is 4. The van der Waals surface area contributed by atoms with Gasteiger partial charge in [0.1, 0.15) is 11.6 Å². The summed E-state index contributed by atoms with van der Waals surface area (Å²) in [7, 11) is 0. The van der Waals surface area contributed by atoms with E-state index in [-0.39, 0.29) is 23.7 Å². The molecule has 1 aliphatic rings. The van der Waals surface area contributed by atoms with Crippen LogP contribution in [0.15, 0.2) is 58.5 Å². The number of hydrogen-bond donors (Lipinski definition) is 2. The number of nitrogens with zero attached hydrogens (tertiary/aromatic N) is 1. The van der Waals surface area contributed by atoms with Crippen molar-refractivity contribution in [1.82, 2.24) is 9.97 Å². The van der Waals surface area contributed by atoms with E-state index in [1.54, 1.807) is 12.1 Å². The lowest BCUT2D eigenvalue weighted by atomic mass is 9.87. The molecule has 3 aromatic rings. The molecule has 1 unspecified atom stereocenters. The molecule has 0 fully saturated rings. The van der Waals surface area contributed by atoms with Crippen LogP contribution in [0.4, 0.5) is 10.2 Å². The normalized spacial score (nSPS) is 15.8. The molecule has 1 amide bonds. The summed E-state index contributed by atoms with van der Waals surface area (Å²) in [6, 6.07) is 14.1. The molecule has 7 heteroatoms. The van der Waals surface area contributed by atoms with Crippen molar-refractivity contribution in [1.29, 1.82) is 0 Å². The van der Waals surface area contributed by atoms with Gasteiger partial charge in [-0.1, -0.05) is 53.7 Å². The van der Waals surface area contributed by atoms with Gasteiger partial charge in [-0.05, 0) is 30.2 Å². The predicted octanol–water partition coefficient (Wildman–Crippen LogP) is 3.98. The quantitative estimate of drug-likeness (QED) is 0.518. The number of benzene rings is 2. The van der Waals surface area contributed by atoms with Crippen LogP contribution in [0, 0.1) is 12.7 Å². The Morgan fingerprint density at radius 3 is 2.79 bits per heavy atom. The van der Waals surface area contributed by atoms with Crippen molar-refractivity contribution in [3.63, 3.8) is 0 Å². The monoisotopic (exact) mass is 395 g/mol. The number of H-pyrrole nitrogens is 1. The minimum Gasteiger partial charge on any atom is -0.310 e. The molecule has 2 N–H and O–H groups in total. The van der Waals surface area contributed by atoms with Gasteiger partial charge in [-0.15, -0.1) is 0 Å². The molecule has 0 spiro atoms. The van der Waals surface area contributed by atoms with Crippen LogP contribution in [0.5, 0.6) is 0 Å². The number of amides is 1. The number of hydrogen-bond acceptors (Lipinski definition) is 4. The molecular weight excluding hydrogens is 377 g/mol. The second-order valence-electron chi connectivity index (χ2n) is 6.77. The zero-order valence-corrected chi connectivity index (χ0v) is 16.0. The molecule has 2 heterocycles. The molecule has 1 aliphatic heterocycles. The number of nitrogens with one attached hydrogen (secondary N) is 2. The third-order valence-corrected chi connectivity index (χ3v) is 5.58. The summed E-state index contributed by atoms with van der Waals surface area (Å²) in [4.78, 5) is 32.2. The minimum atomic E-state index is -0.522. The van der Waals surface area contributed by atoms with Gasteiger partial charge in [0.05, 0.1) is 5.56 Å². The molecule has 4 rings (SSSR count). The van der Waals surface area contributed by atoms with Crippen molar-refractivity contribution in [2.75, 3.05) is 5.32 Å². The first-order valence-corrected chi connectivity index (χ1v) is 9.86. The number of carbonyl (C=O) groups is 1. The fourth-order valence-electron chi connectivity index (χ4n) is 3.38. The number of fused-ring (bicyclic) bond motifs is 1. The summed E-state index contributed by atoms with van der Waals surface area (Å²) >= 11 is 1.39. The number of thioether (sulfide) groups is 1. The van der Waals surface area contributed by atoms with Crippen LogP contribution in [-0.4, -0.2) is 15.9 Å². The molecule has 0 saturated carbocycles. The SMILES string of the molecule is Cc1cccc(CSc2nc3c(c(=O)[nH]2)C(c2cccc(F)c2)CC(=O)N3)c1. The summed E-state index contributed by atoms with van der Waals surface area (Å²) < 4.78 is 13.6. The van der Waals surface area contributed by atoms with Gasteiger partial charge < -0.3 is 10.3 Å².